The van der Waals surface area contributed by atoms with Gasteiger partial charge in [0.05, 0.1) is 0 Å². The first-order chi connectivity index (χ1) is 7.32. The monoisotopic (exact) mass is 200 g/mol. The Morgan fingerprint density at radius 3 is 2.93 bits per heavy atom. The van der Waals surface area contributed by atoms with Gasteiger partial charge in [-0.25, -0.2) is 0 Å². The van der Waals surface area contributed by atoms with Gasteiger partial charge in [-0.15, -0.1) is 6.58 Å². The quantitative estimate of drug-likeness (QED) is 0.676. The van der Waals surface area contributed by atoms with Crippen LogP contribution in [0.5, 0.6) is 0 Å². The van der Waals surface area contributed by atoms with Gasteiger partial charge < -0.3 is 4.74 Å². The maximum absolute atomic E-state index is 5.90. The summed E-state index contributed by atoms with van der Waals surface area (Å²) >= 11 is 0. The highest BCUT2D eigenvalue weighted by atomic mass is 16.5. The lowest BCUT2D eigenvalue weighted by atomic mass is 9.92. The molecule has 1 heteroatoms. The van der Waals surface area contributed by atoms with Crippen LogP contribution in [0.1, 0.15) is 24.5 Å². The van der Waals surface area contributed by atoms with E-state index in [0.717, 1.165) is 6.42 Å². The molecule has 1 aliphatic rings. The first-order valence-corrected chi connectivity index (χ1v) is 5.36. The van der Waals surface area contributed by atoms with Crippen LogP contribution in [0.15, 0.2) is 43.0 Å². The van der Waals surface area contributed by atoms with E-state index in [-0.39, 0.29) is 5.60 Å². The highest BCUT2D eigenvalue weighted by Gasteiger charge is 2.33. The minimum Gasteiger partial charge on any atom is -0.366 e. The Balaban J connectivity index is 2.43. The Labute approximate surface area is 91.1 Å². The summed E-state index contributed by atoms with van der Waals surface area (Å²) < 4.78 is 5.90. The topological polar surface area (TPSA) is 9.23 Å². The van der Waals surface area contributed by atoms with E-state index in [1.54, 1.807) is 0 Å². The van der Waals surface area contributed by atoms with E-state index in [0.29, 0.717) is 6.61 Å². The van der Waals surface area contributed by atoms with E-state index in [2.05, 4.69) is 43.0 Å². The second-order valence-corrected chi connectivity index (χ2v) is 3.74. The molecular weight excluding hydrogens is 184 g/mol. The van der Waals surface area contributed by atoms with E-state index < -0.39 is 0 Å². The Hall–Kier alpha value is -1.34. The smallest absolute Gasteiger partial charge is 0.115 e. The molecule has 0 saturated heterocycles. The van der Waals surface area contributed by atoms with Crippen LogP contribution in [0.25, 0.3) is 6.08 Å². The average molecular weight is 200 g/mol. The molecule has 1 unspecified atom stereocenters. The van der Waals surface area contributed by atoms with Gasteiger partial charge in [-0.3, -0.25) is 0 Å². The number of ether oxygens (including phenoxy) is 1. The molecule has 0 N–H and O–H groups in total. The van der Waals surface area contributed by atoms with Gasteiger partial charge in [0.25, 0.3) is 0 Å². The second kappa shape index (κ2) is 4.03. The van der Waals surface area contributed by atoms with E-state index in [1.165, 1.54) is 11.1 Å². The minimum atomic E-state index is -0.271. The van der Waals surface area contributed by atoms with Crippen LogP contribution in [0.3, 0.4) is 0 Å². The molecule has 0 amide bonds. The van der Waals surface area contributed by atoms with Gasteiger partial charge in [0.2, 0.25) is 0 Å². The SMILES string of the molecule is C=CCC1(OCC)C=Cc2ccccc21. The summed E-state index contributed by atoms with van der Waals surface area (Å²) in [6.07, 6.45) is 7.02. The van der Waals surface area contributed by atoms with Crippen molar-refractivity contribution >= 4 is 6.08 Å². The first-order valence-electron chi connectivity index (χ1n) is 5.36. The third kappa shape index (κ3) is 1.64. The number of fused-ring (bicyclic) bond motifs is 1. The largest absolute Gasteiger partial charge is 0.366 e. The van der Waals surface area contributed by atoms with Crippen LogP contribution in [-0.4, -0.2) is 6.61 Å². The molecule has 0 radical (unpaired) electrons. The molecule has 0 bridgehead atoms. The van der Waals surface area contributed by atoms with Crippen molar-refractivity contribution in [2.45, 2.75) is 18.9 Å². The summed E-state index contributed by atoms with van der Waals surface area (Å²) in [6.45, 7) is 6.55. The molecule has 2 rings (SSSR count). The number of hydrogen-bond donors (Lipinski definition) is 0. The summed E-state index contributed by atoms with van der Waals surface area (Å²) in [4.78, 5) is 0. The van der Waals surface area contributed by atoms with Gasteiger partial charge in [-0.05, 0) is 24.1 Å². The van der Waals surface area contributed by atoms with Crippen LogP contribution in [0, 0.1) is 0 Å². The van der Waals surface area contributed by atoms with Crippen molar-refractivity contribution in [2.24, 2.45) is 0 Å². The molecule has 15 heavy (non-hydrogen) atoms. The molecule has 0 spiro atoms. The zero-order valence-electron chi connectivity index (χ0n) is 9.07. The molecule has 1 aromatic carbocycles. The Bertz CT molecular complexity index is 392. The normalized spacial score (nSPS) is 22.7. The van der Waals surface area contributed by atoms with Gasteiger partial charge in [0.1, 0.15) is 5.60 Å². The highest BCUT2D eigenvalue weighted by Crippen LogP contribution is 2.39. The van der Waals surface area contributed by atoms with Crippen LogP contribution < -0.4 is 0 Å². The summed E-state index contributed by atoms with van der Waals surface area (Å²) in [5.41, 5.74) is 2.24. The summed E-state index contributed by atoms with van der Waals surface area (Å²) in [6, 6.07) is 8.37. The molecule has 1 aliphatic carbocycles. The predicted molar refractivity (Wildman–Crippen MR) is 63.6 cm³/mol. The van der Waals surface area contributed by atoms with Crippen molar-refractivity contribution < 1.29 is 4.74 Å². The minimum absolute atomic E-state index is 0.271. The van der Waals surface area contributed by atoms with E-state index >= 15 is 0 Å². The van der Waals surface area contributed by atoms with Crippen molar-refractivity contribution in [3.63, 3.8) is 0 Å². The van der Waals surface area contributed by atoms with Gasteiger partial charge >= 0.3 is 0 Å². The van der Waals surface area contributed by atoms with E-state index in [9.17, 15) is 0 Å². The van der Waals surface area contributed by atoms with Gasteiger partial charge in [-0.2, -0.15) is 0 Å². The fourth-order valence-corrected chi connectivity index (χ4v) is 2.18. The molecule has 0 saturated carbocycles. The van der Waals surface area contributed by atoms with Crippen molar-refractivity contribution in [2.75, 3.05) is 6.61 Å². The zero-order chi connectivity index (χ0) is 10.7. The van der Waals surface area contributed by atoms with Crippen LogP contribution >= 0.6 is 0 Å². The lowest BCUT2D eigenvalue weighted by molar-refractivity contribution is 0.0000865. The lowest BCUT2D eigenvalue weighted by Crippen LogP contribution is -2.25. The molecule has 0 heterocycles. The molecule has 1 atom stereocenters. The third-order valence-corrected chi connectivity index (χ3v) is 2.80. The van der Waals surface area contributed by atoms with Gasteiger partial charge in [-0.1, -0.05) is 36.4 Å². The number of benzene rings is 1. The first kappa shape index (κ1) is 10.2. The molecule has 0 aromatic heterocycles. The van der Waals surface area contributed by atoms with Crippen LogP contribution in [0.2, 0.25) is 0 Å². The third-order valence-electron chi connectivity index (χ3n) is 2.80. The van der Waals surface area contributed by atoms with E-state index in [1.807, 2.05) is 13.0 Å². The Kier molecular flexibility index (Phi) is 2.74. The molecule has 0 aliphatic heterocycles. The molecule has 1 nitrogen and oxygen atoms in total. The van der Waals surface area contributed by atoms with Crippen LogP contribution in [0.4, 0.5) is 0 Å². The Morgan fingerprint density at radius 2 is 2.20 bits per heavy atom. The fraction of sp³-hybridized carbons (Fsp3) is 0.286. The highest BCUT2D eigenvalue weighted by molar-refractivity contribution is 5.64. The zero-order valence-corrected chi connectivity index (χ0v) is 9.07. The van der Waals surface area contributed by atoms with Crippen molar-refractivity contribution in [1.29, 1.82) is 0 Å². The average Bonchev–Trinajstić information content (AvgIpc) is 2.60. The second-order valence-electron chi connectivity index (χ2n) is 3.74. The maximum Gasteiger partial charge on any atom is 0.115 e. The standard InChI is InChI=1S/C14H16O/c1-3-10-14(15-4-2)11-9-12-7-5-6-8-13(12)14/h3,5-9,11H,1,4,10H2,2H3. The van der Waals surface area contributed by atoms with Gasteiger partial charge in [0, 0.05) is 13.0 Å². The van der Waals surface area contributed by atoms with E-state index in [4.69, 9.17) is 4.74 Å². The fourth-order valence-electron chi connectivity index (χ4n) is 2.18. The number of rotatable bonds is 4. The van der Waals surface area contributed by atoms with Gasteiger partial charge in [0.15, 0.2) is 0 Å². The predicted octanol–water partition coefficient (Wildman–Crippen LogP) is 3.52. The molecule has 1 aromatic rings. The molecule has 0 fully saturated rings. The summed E-state index contributed by atoms with van der Waals surface area (Å²) in [5.74, 6) is 0. The Morgan fingerprint density at radius 1 is 1.40 bits per heavy atom. The van der Waals surface area contributed by atoms with Crippen molar-refractivity contribution in [1.82, 2.24) is 0 Å². The molecular formula is C14H16O. The lowest BCUT2D eigenvalue weighted by Gasteiger charge is -2.27. The maximum atomic E-state index is 5.90. The molecule has 78 valence electrons. The summed E-state index contributed by atoms with van der Waals surface area (Å²) in [7, 11) is 0. The van der Waals surface area contributed by atoms with Crippen molar-refractivity contribution in [3.05, 3.63) is 54.1 Å². The van der Waals surface area contributed by atoms with Crippen LogP contribution in [-0.2, 0) is 10.3 Å². The number of hydrogen-bond acceptors (Lipinski definition) is 1. The van der Waals surface area contributed by atoms with Crippen molar-refractivity contribution in [3.8, 4) is 0 Å². The summed E-state index contributed by atoms with van der Waals surface area (Å²) in [5, 5.41) is 0.